The van der Waals surface area contributed by atoms with E-state index in [4.69, 9.17) is 11.2 Å². The zero-order chi connectivity index (χ0) is 18.3. The summed E-state index contributed by atoms with van der Waals surface area (Å²) in [6.07, 6.45) is 5.94. The molecular formula is C25H24ClP. The van der Waals surface area contributed by atoms with Gasteiger partial charge in [-0.1, -0.05) is 0 Å². The van der Waals surface area contributed by atoms with Gasteiger partial charge >= 0.3 is 166 Å². The molecule has 0 atom stereocenters. The predicted octanol–water partition coefficient (Wildman–Crippen LogP) is 6.83. The van der Waals surface area contributed by atoms with Crippen LogP contribution in [0.1, 0.15) is 19.3 Å². The summed E-state index contributed by atoms with van der Waals surface area (Å²) in [5.74, 6) is -2.80. The van der Waals surface area contributed by atoms with Gasteiger partial charge in [-0.15, -0.1) is 0 Å². The molecule has 0 N–H and O–H groups in total. The van der Waals surface area contributed by atoms with E-state index in [0.717, 1.165) is 12.3 Å². The summed E-state index contributed by atoms with van der Waals surface area (Å²) in [4.78, 5) is 0. The molecule has 0 radical (unpaired) electrons. The first kappa shape index (κ1) is 17.2. The molecule has 0 aliphatic carbocycles. The van der Waals surface area contributed by atoms with Crippen LogP contribution in [-0.4, -0.2) is 12.3 Å². The second kappa shape index (κ2) is 6.33. The number of hydrogen-bond donors (Lipinski definition) is 0. The number of hydrogen-bond acceptors (Lipinski definition) is 0. The Kier molecular flexibility index (Phi) is 4.04. The Balaban J connectivity index is 1.92. The molecule has 0 amide bonds. The first-order valence-electron chi connectivity index (χ1n) is 9.89. The topological polar surface area (TPSA) is 0 Å². The van der Waals surface area contributed by atoms with Gasteiger partial charge in [-0.05, 0) is 0 Å². The summed E-state index contributed by atoms with van der Waals surface area (Å²) in [7, 11) is 0. The Morgan fingerprint density at radius 2 is 0.963 bits per heavy atom. The molecule has 1 aliphatic heterocycles. The van der Waals surface area contributed by atoms with Gasteiger partial charge in [0.25, 0.3) is 0 Å². The summed E-state index contributed by atoms with van der Waals surface area (Å²) < 4.78 is 0. The number of benzene rings is 4. The van der Waals surface area contributed by atoms with Crippen LogP contribution in [0.3, 0.4) is 0 Å². The zero-order valence-corrected chi connectivity index (χ0v) is 17.1. The second-order valence-corrected chi connectivity index (χ2v) is 14.9. The van der Waals surface area contributed by atoms with Crippen LogP contribution in [0.15, 0.2) is 84.9 Å². The van der Waals surface area contributed by atoms with Crippen molar-refractivity contribution >= 4 is 49.4 Å². The molecule has 4 aromatic rings. The molecule has 4 aromatic carbocycles. The van der Waals surface area contributed by atoms with Crippen LogP contribution in [-0.2, 0) is 0 Å². The maximum absolute atomic E-state index is 8.07. The van der Waals surface area contributed by atoms with Crippen molar-refractivity contribution in [1.82, 2.24) is 0 Å². The molecule has 1 heterocycles. The van der Waals surface area contributed by atoms with Gasteiger partial charge in [-0.25, -0.2) is 0 Å². The molecule has 1 fully saturated rings. The normalized spacial score (nSPS) is 20.1. The van der Waals surface area contributed by atoms with Crippen LogP contribution in [0.25, 0.3) is 21.5 Å². The van der Waals surface area contributed by atoms with Crippen molar-refractivity contribution in [2.75, 3.05) is 12.3 Å². The molecule has 0 unspecified atom stereocenters. The van der Waals surface area contributed by atoms with Gasteiger partial charge < -0.3 is 0 Å². The van der Waals surface area contributed by atoms with Crippen LogP contribution in [0.4, 0.5) is 0 Å². The van der Waals surface area contributed by atoms with Crippen LogP contribution in [0.5, 0.6) is 0 Å². The third kappa shape index (κ3) is 2.54. The number of fused-ring (bicyclic) bond motifs is 2. The summed E-state index contributed by atoms with van der Waals surface area (Å²) in [5.41, 5.74) is 0. The van der Waals surface area contributed by atoms with E-state index in [-0.39, 0.29) is 0 Å². The average Bonchev–Trinajstić information content (AvgIpc) is 2.73. The molecule has 1 saturated heterocycles. The van der Waals surface area contributed by atoms with Crippen molar-refractivity contribution in [3.63, 3.8) is 0 Å². The Bertz CT molecular complexity index is 1050. The third-order valence-electron chi connectivity index (χ3n) is 6.39. The molecule has 136 valence electrons. The average molecular weight is 391 g/mol. The van der Waals surface area contributed by atoms with Gasteiger partial charge in [0.05, 0.1) is 0 Å². The van der Waals surface area contributed by atoms with Crippen LogP contribution in [0, 0.1) is 0 Å². The first-order chi connectivity index (χ1) is 13.2. The van der Waals surface area contributed by atoms with Crippen molar-refractivity contribution in [3.8, 4) is 0 Å². The van der Waals surface area contributed by atoms with Crippen LogP contribution in [0.2, 0.25) is 0 Å². The fourth-order valence-electron chi connectivity index (χ4n) is 5.09. The van der Waals surface area contributed by atoms with Gasteiger partial charge in [0.1, 0.15) is 0 Å². The zero-order valence-electron chi connectivity index (χ0n) is 15.4. The summed E-state index contributed by atoms with van der Waals surface area (Å²) in [5, 5.41) is 8.06. The van der Waals surface area contributed by atoms with Crippen LogP contribution >= 0.6 is 17.2 Å². The first-order valence-corrected chi connectivity index (χ1v) is 13.4. The molecule has 0 aromatic heterocycles. The van der Waals surface area contributed by atoms with Gasteiger partial charge in [-0.3, -0.25) is 0 Å². The molecule has 1 aliphatic rings. The van der Waals surface area contributed by atoms with E-state index in [0.29, 0.717) is 0 Å². The molecule has 0 saturated carbocycles. The molecular weight excluding hydrogens is 367 g/mol. The second-order valence-electron chi connectivity index (χ2n) is 7.88. The standard InChI is InChI=1S/C25H24ClP/c26-27(18-6-1-7-19-27,24-16-8-12-20-10-2-4-14-22(20)24)25-17-9-13-21-11-3-5-15-23(21)25/h2-5,8-17H,1,6-7,18-19H2. The molecule has 0 spiro atoms. The quantitative estimate of drug-likeness (QED) is 0.329. The summed E-state index contributed by atoms with van der Waals surface area (Å²) >= 11 is 8.07. The summed E-state index contributed by atoms with van der Waals surface area (Å²) in [6.45, 7) is 0. The van der Waals surface area contributed by atoms with Crippen molar-refractivity contribution in [2.24, 2.45) is 0 Å². The SMILES string of the molecule is ClP1(c2cccc3ccccc23)(c2cccc3ccccc23)CCCCC1. The summed E-state index contributed by atoms with van der Waals surface area (Å²) in [6, 6.07) is 31.0. The molecule has 2 heteroatoms. The van der Waals surface area contributed by atoms with Gasteiger partial charge in [-0.2, -0.15) is 0 Å². The van der Waals surface area contributed by atoms with E-state index in [2.05, 4.69) is 84.9 Å². The van der Waals surface area contributed by atoms with E-state index in [1.54, 1.807) is 0 Å². The van der Waals surface area contributed by atoms with Crippen molar-refractivity contribution in [1.29, 1.82) is 0 Å². The third-order valence-corrected chi connectivity index (χ3v) is 14.0. The predicted molar refractivity (Wildman–Crippen MR) is 124 cm³/mol. The van der Waals surface area contributed by atoms with Crippen molar-refractivity contribution < 1.29 is 0 Å². The van der Waals surface area contributed by atoms with Gasteiger partial charge in [0.15, 0.2) is 0 Å². The minimum absolute atomic E-state index is 1.11. The Labute approximate surface area is 165 Å². The number of halogens is 1. The molecule has 0 bridgehead atoms. The monoisotopic (exact) mass is 390 g/mol. The fraction of sp³-hybridized carbons (Fsp3) is 0.200. The van der Waals surface area contributed by atoms with Crippen molar-refractivity contribution in [3.05, 3.63) is 84.9 Å². The molecule has 5 rings (SSSR count). The van der Waals surface area contributed by atoms with E-state index in [1.807, 2.05) is 0 Å². The fourth-order valence-corrected chi connectivity index (χ4v) is 12.3. The Morgan fingerprint density at radius 1 is 0.519 bits per heavy atom. The Morgan fingerprint density at radius 3 is 1.48 bits per heavy atom. The van der Waals surface area contributed by atoms with Gasteiger partial charge in [0, 0.05) is 0 Å². The van der Waals surface area contributed by atoms with E-state index >= 15 is 0 Å². The van der Waals surface area contributed by atoms with Gasteiger partial charge in [0.2, 0.25) is 0 Å². The van der Waals surface area contributed by atoms with Crippen molar-refractivity contribution in [2.45, 2.75) is 19.3 Å². The minimum atomic E-state index is -2.80. The van der Waals surface area contributed by atoms with E-state index in [1.165, 1.54) is 51.4 Å². The maximum atomic E-state index is 8.07. The molecule has 0 nitrogen and oxygen atoms in total. The van der Waals surface area contributed by atoms with E-state index in [9.17, 15) is 0 Å². The Hall–Kier alpha value is -1.88. The molecule has 27 heavy (non-hydrogen) atoms. The number of rotatable bonds is 2. The van der Waals surface area contributed by atoms with Crippen LogP contribution < -0.4 is 10.6 Å². The van der Waals surface area contributed by atoms with E-state index < -0.39 is 5.96 Å².